The zero-order valence-corrected chi connectivity index (χ0v) is 10.2. The van der Waals surface area contributed by atoms with Gasteiger partial charge in [0.15, 0.2) is 0 Å². The largest absolute Gasteiger partial charge is 0.384 e. The Balaban J connectivity index is 1.88. The summed E-state index contributed by atoms with van der Waals surface area (Å²) in [4.78, 5) is 11.5. The summed E-state index contributed by atoms with van der Waals surface area (Å²) in [5.41, 5.74) is 3.32. The lowest BCUT2D eigenvalue weighted by molar-refractivity contribution is 0.252. The highest BCUT2D eigenvalue weighted by molar-refractivity contribution is 5.89. The molecule has 2 amide bonds. The quantitative estimate of drug-likeness (QED) is 0.700. The van der Waals surface area contributed by atoms with Gasteiger partial charge in [-0.15, -0.1) is 0 Å². The summed E-state index contributed by atoms with van der Waals surface area (Å²) in [6, 6.07) is 5.86. The standard InChI is InChI=1S/C13H19N3O/c1-2-3-7-15-13(17)16-11-4-5-12-10(9-11)6-8-14-12/h4-5,9,14H,2-3,6-8H2,1H3,(H2,15,16,17). The van der Waals surface area contributed by atoms with Crippen LogP contribution >= 0.6 is 0 Å². The van der Waals surface area contributed by atoms with E-state index in [0.29, 0.717) is 0 Å². The van der Waals surface area contributed by atoms with Gasteiger partial charge in [0.25, 0.3) is 0 Å². The zero-order valence-electron chi connectivity index (χ0n) is 10.2. The van der Waals surface area contributed by atoms with Crippen molar-refractivity contribution in [1.82, 2.24) is 5.32 Å². The molecule has 92 valence electrons. The number of rotatable bonds is 4. The zero-order chi connectivity index (χ0) is 12.1. The van der Waals surface area contributed by atoms with Crippen LogP contribution in [0.5, 0.6) is 0 Å². The van der Waals surface area contributed by atoms with Crippen LogP contribution in [0.4, 0.5) is 16.2 Å². The van der Waals surface area contributed by atoms with Gasteiger partial charge in [0.2, 0.25) is 0 Å². The molecule has 1 aromatic rings. The lowest BCUT2D eigenvalue weighted by Crippen LogP contribution is -2.29. The summed E-state index contributed by atoms with van der Waals surface area (Å²) < 4.78 is 0. The molecular formula is C13H19N3O. The number of fused-ring (bicyclic) bond motifs is 1. The molecule has 4 nitrogen and oxygen atoms in total. The summed E-state index contributed by atoms with van der Waals surface area (Å²) in [5, 5.41) is 8.98. The Morgan fingerprint density at radius 1 is 1.47 bits per heavy atom. The Morgan fingerprint density at radius 3 is 3.18 bits per heavy atom. The smallest absolute Gasteiger partial charge is 0.319 e. The number of urea groups is 1. The van der Waals surface area contributed by atoms with Crippen molar-refractivity contribution in [3.8, 4) is 0 Å². The number of amides is 2. The van der Waals surface area contributed by atoms with E-state index in [1.54, 1.807) is 0 Å². The van der Waals surface area contributed by atoms with Gasteiger partial charge in [-0.3, -0.25) is 0 Å². The van der Waals surface area contributed by atoms with Crippen molar-refractivity contribution in [2.24, 2.45) is 0 Å². The van der Waals surface area contributed by atoms with Crippen molar-refractivity contribution in [2.75, 3.05) is 23.7 Å². The first-order valence-electron chi connectivity index (χ1n) is 6.21. The maximum atomic E-state index is 11.5. The molecule has 0 saturated heterocycles. The number of hydrogen-bond acceptors (Lipinski definition) is 2. The second kappa shape index (κ2) is 5.57. The molecule has 1 aromatic carbocycles. The molecule has 0 aromatic heterocycles. The van der Waals surface area contributed by atoms with Crippen molar-refractivity contribution >= 4 is 17.4 Å². The molecular weight excluding hydrogens is 214 g/mol. The average Bonchev–Trinajstić information content (AvgIpc) is 2.76. The SMILES string of the molecule is CCCCNC(=O)Nc1ccc2c(c1)CCN2. The maximum absolute atomic E-state index is 11.5. The number of carbonyl (C=O) groups is 1. The molecule has 0 atom stereocenters. The Bertz CT molecular complexity index is 404. The van der Waals surface area contributed by atoms with Gasteiger partial charge in [-0.1, -0.05) is 13.3 Å². The van der Waals surface area contributed by atoms with Gasteiger partial charge in [-0.25, -0.2) is 4.79 Å². The third-order valence-corrected chi connectivity index (χ3v) is 2.89. The van der Waals surface area contributed by atoms with E-state index in [2.05, 4.69) is 22.9 Å². The summed E-state index contributed by atoms with van der Waals surface area (Å²) in [5.74, 6) is 0. The predicted octanol–water partition coefficient (Wildman–Crippen LogP) is 2.58. The minimum absolute atomic E-state index is 0.121. The van der Waals surface area contributed by atoms with Crippen molar-refractivity contribution in [1.29, 1.82) is 0 Å². The second-order valence-electron chi connectivity index (χ2n) is 4.28. The number of benzene rings is 1. The van der Waals surface area contributed by atoms with E-state index in [9.17, 15) is 4.79 Å². The van der Waals surface area contributed by atoms with Gasteiger partial charge in [0, 0.05) is 24.5 Å². The van der Waals surface area contributed by atoms with Gasteiger partial charge in [-0.2, -0.15) is 0 Å². The topological polar surface area (TPSA) is 53.2 Å². The molecule has 0 spiro atoms. The number of carbonyl (C=O) groups excluding carboxylic acids is 1. The van der Waals surface area contributed by atoms with E-state index in [1.165, 1.54) is 11.3 Å². The summed E-state index contributed by atoms with van der Waals surface area (Å²) in [6.45, 7) is 3.82. The average molecular weight is 233 g/mol. The molecule has 3 N–H and O–H groups in total. The number of hydrogen-bond donors (Lipinski definition) is 3. The van der Waals surface area contributed by atoms with Crippen LogP contribution in [0.25, 0.3) is 0 Å². The Morgan fingerprint density at radius 2 is 2.35 bits per heavy atom. The highest BCUT2D eigenvalue weighted by atomic mass is 16.2. The van der Waals surface area contributed by atoms with E-state index in [4.69, 9.17) is 0 Å². The Labute approximate surface area is 102 Å². The van der Waals surface area contributed by atoms with Crippen LogP contribution in [0.1, 0.15) is 25.3 Å². The van der Waals surface area contributed by atoms with E-state index in [-0.39, 0.29) is 6.03 Å². The van der Waals surface area contributed by atoms with Crippen LogP contribution in [0.3, 0.4) is 0 Å². The van der Waals surface area contributed by atoms with E-state index in [0.717, 1.165) is 38.0 Å². The molecule has 0 saturated carbocycles. The van der Waals surface area contributed by atoms with Gasteiger partial charge in [0.05, 0.1) is 0 Å². The molecule has 17 heavy (non-hydrogen) atoms. The van der Waals surface area contributed by atoms with Crippen LogP contribution in [-0.2, 0) is 6.42 Å². The van der Waals surface area contributed by atoms with Gasteiger partial charge in [0.1, 0.15) is 0 Å². The van der Waals surface area contributed by atoms with Crippen LogP contribution in [0.2, 0.25) is 0 Å². The first-order chi connectivity index (χ1) is 8.29. The first-order valence-corrected chi connectivity index (χ1v) is 6.21. The molecule has 0 aliphatic carbocycles. The number of anilines is 2. The van der Waals surface area contributed by atoms with Gasteiger partial charge in [-0.05, 0) is 36.6 Å². The predicted molar refractivity (Wildman–Crippen MR) is 70.6 cm³/mol. The third kappa shape index (κ3) is 3.12. The first kappa shape index (κ1) is 11.8. The van der Waals surface area contributed by atoms with Crippen LogP contribution in [0.15, 0.2) is 18.2 Å². The molecule has 1 aliphatic rings. The molecule has 1 aliphatic heterocycles. The summed E-state index contributed by atoms with van der Waals surface area (Å²) >= 11 is 0. The van der Waals surface area contributed by atoms with Crippen molar-refractivity contribution in [2.45, 2.75) is 26.2 Å². The molecule has 4 heteroatoms. The van der Waals surface area contributed by atoms with E-state index < -0.39 is 0 Å². The van der Waals surface area contributed by atoms with E-state index in [1.807, 2.05) is 18.2 Å². The highest BCUT2D eigenvalue weighted by Crippen LogP contribution is 2.25. The molecule has 0 fully saturated rings. The molecule has 2 rings (SSSR count). The molecule has 0 bridgehead atoms. The number of unbranched alkanes of at least 4 members (excludes halogenated alkanes) is 1. The van der Waals surface area contributed by atoms with Crippen LogP contribution < -0.4 is 16.0 Å². The van der Waals surface area contributed by atoms with Gasteiger partial charge >= 0.3 is 6.03 Å². The van der Waals surface area contributed by atoms with Gasteiger partial charge < -0.3 is 16.0 Å². The summed E-state index contributed by atoms with van der Waals surface area (Å²) in [6.07, 6.45) is 3.13. The van der Waals surface area contributed by atoms with Crippen LogP contribution in [-0.4, -0.2) is 19.1 Å². The fourth-order valence-corrected chi connectivity index (χ4v) is 1.94. The lowest BCUT2D eigenvalue weighted by atomic mass is 10.1. The van der Waals surface area contributed by atoms with Crippen molar-refractivity contribution in [3.63, 3.8) is 0 Å². The monoisotopic (exact) mass is 233 g/mol. The Hall–Kier alpha value is -1.71. The van der Waals surface area contributed by atoms with Crippen LogP contribution in [0, 0.1) is 0 Å². The highest BCUT2D eigenvalue weighted by Gasteiger charge is 2.10. The van der Waals surface area contributed by atoms with Crippen molar-refractivity contribution in [3.05, 3.63) is 23.8 Å². The second-order valence-corrected chi connectivity index (χ2v) is 4.28. The summed E-state index contributed by atoms with van der Waals surface area (Å²) in [7, 11) is 0. The Kier molecular flexibility index (Phi) is 3.85. The normalized spacial score (nSPS) is 12.8. The molecule has 1 heterocycles. The maximum Gasteiger partial charge on any atom is 0.319 e. The molecule has 0 unspecified atom stereocenters. The minimum atomic E-state index is -0.121. The fraction of sp³-hybridized carbons (Fsp3) is 0.462. The third-order valence-electron chi connectivity index (χ3n) is 2.89. The number of nitrogens with one attached hydrogen (secondary N) is 3. The molecule has 0 radical (unpaired) electrons. The lowest BCUT2D eigenvalue weighted by Gasteiger charge is -2.08. The minimum Gasteiger partial charge on any atom is -0.384 e. The fourth-order valence-electron chi connectivity index (χ4n) is 1.94. The van der Waals surface area contributed by atoms with Crippen molar-refractivity contribution < 1.29 is 4.79 Å². The van der Waals surface area contributed by atoms with E-state index >= 15 is 0 Å².